The standard InChI is InChI=1S/C23H27F3N2O/c1-29-22(23(24,25)26)12-11-17-10-9-16(14-19(17)22)15-28-20-8-5-13-27-21(20)18-6-3-2-4-7-18/h2-4,6-7,9-10,14,20-21,27-28H,5,8,11-13,15H2,1H3/t20-,21-,22?/m0/s1. The summed E-state index contributed by atoms with van der Waals surface area (Å²) in [7, 11) is 1.16. The SMILES string of the molecule is COC1(C(F)(F)F)CCc2ccc(CN[C@H]3CCCN[C@H]3c3ccccc3)cc21. The monoisotopic (exact) mass is 404 g/mol. The van der Waals surface area contributed by atoms with E-state index in [1.54, 1.807) is 6.07 Å². The lowest BCUT2D eigenvalue weighted by molar-refractivity contribution is -0.275. The molecule has 1 unspecified atom stereocenters. The number of rotatable bonds is 5. The minimum absolute atomic E-state index is 0.0537. The Kier molecular flexibility index (Phi) is 5.69. The van der Waals surface area contributed by atoms with E-state index < -0.39 is 11.8 Å². The smallest absolute Gasteiger partial charge is 0.364 e. The van der Waals surface area contributed by atoms with Crippen molar-refractivity contribution in [2.45, 2.75) is 56.1 Å². The van der Waals surface area contributed by atoms with Crippen LogP contribution in [0.1, 0.15) is 47.6 Å². The Morgan fingerprint density at radius 2 is 1.97 bits per heavy atom. The van der Waals surface area contributed by atoms with Crippen LogP contribution in [0.2, 0.25) is 0 Å². The maximum atomic E-state index is 13.8. The van der Waals surface area contributed by atoms with Crippen LogP contribution < -0.4 is 10.6 Å². The molecule has 0 radical (unpaired) electrons. The van der Waals surface area contributed by atoms with E-state index in [1.807, 2.05) is 30.3 Å². The van der Waals surface area contributed by atoms with Crippen molar-refractivity contribution in [3.63, 3.8) is 0 Å². The van der Waals surface area contributed by atoms with Gasteiger partial charge in [-0.1, -0.05) is 48.5 Å². The van der Waals surface area contributed by atoms with Gasteiger partial charge < -0.3 is 15.4 Å². The number of nitrogens with one attached hydrogen (secondary N) is 2. The molecule has 3 atom stereocenters. The van der Waals surface area contributed by atoms with E-state index in [0.29, 0.717) is 13.0 Å². The average Bonchev–Trinajstić information content (AvgIpc) is 3.12. The summed E-state index contributed by atoms with van der Waals surface area (Å²) in [6.45, 7) is 1.50. The van der Waals surface area contributed by atoms with Crippen molar-refractivity contribution in [3.05, 3.63) is 70.8 Å². The molecule has 1 aliphatic heterocycles. The predicted octanol–water partition coefficient (Wildman–Crippen LogP) is 4.62. The largest absolute Gasteiger partial charge is 0.421 e. The Balaban J connectivity index is 1.52. The van der Waals surface area contributed by atoms with Gasteiger partial charge >= 0.3 is 6.18 Å². The van der Waals surface area contributed by atoms with Crippen molar-refractivity contribution in [2.75, 3.05) is 13.7 Å². The number of fused-ring (bicyclic) bond motifs is 1. The molecule has 2 aromatic carbocycles. The summed E-state index contributed by atoms with van der Waals surface area (Å²) >= 11 is 0. The molecule has 1 fully saturated rings. The molecule has 0 bridgehead atoms. The second kappa shape index (κ2) is 8.09. The third-order valence-electron chi connectivity index (χ3n) is 6.35. The van der Waals surface area contributed by atoms with Gasteiger partial charge in [-0.15, -0.1) is 0 Å². The number of hydrogen-bond acceptors (Lipinski definition) is 3. The van der Waals surface area contributed by atoms with E-state index in [-0.39, 0.29) is 24.1 Å². The fraction of sp³-hybridized carbons (Fsp3) is 0.478. The van der Waals surface area contributed by atoms with Gasteiger partial charge in [0.2, 0.25) is 0 Å². The predicted molar refractivity (Wildman–Crippen MR) is 107 cm³/mol. The number of alkyl halides is 3. The van der Waals surface area contributed by atoms with Gasteiger partial charge in [0.15, 0.2) is 5.60 Å². The first-order valence-corrected chi connectivity index (χ1v) is 10.2. The minimum Gasteiger partial charge on any atom is -0.364 e. The summed E-state index contributed by atoms with van der Waals surface area (Å²) in [5, 5.41) is 7.15. The van der Waals surface area contributed by atoms with Crippen LogP contribution in [0.15, 0.2) is 48.5 Å². The fourth-order valence-corrected chi connectivity index (χ4v) is 4.76. The second-order valence-corrected chi connectivity index (χ2v) is 7.99. The van der Waals surface area contributed by atoms with E-state index in [9.17, 15) is 13.2 Å². The van der Waals surface area contributed by atoms with Crippen LogP contribution in [0.5, 0.6) is 0 Å². The second-order valence-electron chi connectivity index (χ2n) is 7.99. The van der Waals surface area contributed by atoms with Crippen LogP contribution in [-0.4, -0.2) is 25.9 Å². The number of halogens is 3. The normalized spacial score (nSPS) is 27.0. The van der Waals surface area contributed by atoms with Gasteiger partial charge in [-0.2, -0.15) is 13.2 Å². The van der Waals surface area contributed by atoms with Crippen LogP contribution in [0.3, 0.4) is 0 Å². The minimum atomic E-state index is -4.43. The van der Waals surface area contributed by atoms with Crippen molar-refractivity contribution in [1.82, 2.24) is 10.6 Å². The molecule has 1 heterocycles. The van der Waals surface area contributed by atoms with E-state index in [1.165, 1.54) is 5.56 Å². The summed E-state index contributed by atoms with van der Waals surface area (Å²) in [5.41, 5.74) is 0.905. The van der Waals surface area contributed by atoms with Crippen LogP contribution in [-0.2, 0) is 23.3 Å². The highest BCUT2D eigenvalue weighted by atomic mass is 19.4. The van der Waals surface area contributed by atoms with Crippen LogP contribution >= 0.6 is 0 Å². The molecule has 0 saturated carbocycles. The highest BCUT2D eigenvalue weighted by Gasteiger charge is 2.59. The summed E-state index contributed by atoms with van der Waals surface area (Å²) < 4.78 is 46.4. The van der Waals surface area contributed by atoms with Crippen LogP contribution in [0.25, 0.3) is 0 Å². The van der Waals surface area contributed by atoms with E-state index in [0.717, 1.165) is 37.6 Å². The summed E-state index contributed by atoms with van der Waals surface area (Å²) in [6, 6.07) is 16.2. The van der Waals surface area contributed by atoms with Gasteiger partial charge in [0, 0.05) is 25.7 Å². The Morgan fingerprint density at radius 1 is 1.17 bits per heavy atom. The third kappa shape index (κ3) is 3.81. The number of ether oxygens (including phenoxy) is 1. The maximum absolute atomic E-state index is 13.8. The number of benzene rings is 2. The molecular formula is C23H27F3N2O. The molecule has 0 spiro atoms. The Bertz CT molecular complexity index is 840. The molecule has 2 N–H and O–H groups in total. The molecule has 156 valence electrons. The first kappa shape index (κ1) is 20.4. The Labute approximate surface area is 169 Å². The van der Waals surface area contributed by atoms with Crippen molar-refractivity contribution < 1.29 is 17.9 Å². The molecular weight excluding hydrogens is 377 g/mol. The maximum Gasteiger partial charge on any atom is 0.421 e. The van der Waals surface area contributed by atoms with Gasteiger partial charge in [0.25, 0.3) is 0 Å². The van der Waals surface area contributed by atoms with Gasteiger partial charge in [0.05, 0.1) is 0 Å². The zero-order valence-corrected chi connectivity index (χ0v) is 16.6. The average molecular weight is 404 g/mol. The lowest BCUT2D eigenvalue weighted by atomic mass is 9.91. The topological polar surface area (TPSA) is 33.3 Å². The molecule has 1 aliphatic carbocycles. The third-order valence-corrected chi connectivity index (χ3v) is 6.35. The van der Waals surface area contributed by atoms with Gasteiger partial charge in [-0.05, 0) is 54.5 Å². The first-order chi connectivity index (χ1) is 13.9. The number of aryl methyl sites for hydroxylation is 1. The van der Waals surface area contributed by atoms with Gasteiger partial charge in [-0.3, -0.25) is 0 Å². The molecule has 2 aromatic rings. The zero-order chi connectivity index (χ0) is 20.5. The summed E-state index contributed by atoms with van der Waals surface area (Å²) in [6.07, 6.45) is -1.99. The molecule has 29 heavy (non-hydrogen) atoms. The van der Waals surface area contributed by atoms with E-state index in [2.05, 4.69) is 22.8 Å². The van der Waals surface area contributed by atoms with Gasteiger partial charge in [-0.25, -0.2) is 0 Å². The Hall–Kier alpha value is -1.89. The molecule has 6 heteroatoms. The van der Waals surface area contributed by atoms with Crippen molar-refractivity contribution >= 4 is 0 Å². The van der Waals surface area contributed by atoms with E-state index >= 15 is 0 Å². The number of hydrogen-bond donors (Lipinski definition) is 2. The quantitative estimate of drug-likeness (QED) is 0.763. The molecule has 2 aliphatic rings. The molecule has 0 aromatic heterocycles. The van der Waals surface area contributed by atoms with Crippen molar-refractivity contribution in [1.29, 1.82) is 0 Å². The van der Waals surface area contributed by atoms with Crippen molar-refractivity contribution in [2.24, 2.45) is 0 Å². The fourth-order valence-electron chi connectivity index (χ4n) is 4.76. The highest BCUT2D eigenvalue weighted by molar-refractivity contribution is 5.42. The number of methoxy groups -OCH3 is 1. The number of piperidine rings is 1. The summed E-state index contributed by atoms with van der Waals surface area (Å²) in [4.78, 5) is 0. The van der Waals surface area contributed by atoms with Gasteiger partial charge in [0.1, 0.15) is 0 Å². The van der Waals surface area contributed by atoms with Crippen LogP contribution in [0, 0.1) is 0 Å². The first-order valence-electron chi connectivity index (χ1n) is 10.2. The van der Waals surface area contributed by atoms with Crippen LogP contribution in [0.4, 0.5) is 13.2 Å². The highest BCUT2D eigenvalue weighted by Crippen LogP contribution is 2.50. The molecule has 4 rings (SSSR count). The lowest BCUT2D eigenvalue weighted by Crippen LogP contribution is -2.45. The lowest BCUT2D eigenvalue weighted by Gasteiger charge is -2.34. The van der Waals surface area contributed by atoms with E-state index in [4.69, 9.17) is 4.74 Å². The summed E-state index contributed by atoms with van der Waals surface area (Å²) in [5.74, 6) is 0. The zero-order valence-electron chi connectivity index (χ0n) is 16.6. The molecule has 1 saturated heterocycles. The molecule has 3 nitrogen and oxygen atoms in total. The molecule has 0 amide bonds. The van der Waals surface area contributed by atoms with Crippen molar-refractivity contribution in [3.8, 4) is 0 Å². The Morgan fingerprint density at radius 3 is 2.69 bits per heavy atom.